The number of carboxylic acids is 1. The van der Waals surface area contributed by atoms with Gasteiger partial charge in [0, 0.05) is 12.1 Å². The lowest BCUT2D eigenvalue weighted by Crippen LogP contribution is -2.18. The van der Waals surface area contributed by atoms with Crippen LogP contribution in [0.1, 0.15) is 50.9 Å². The van der Waals surface area contributed by atoms with Crippen molar-refractivity contribution in [3.8, 4) is 0 Å². The second-order valence-corrected chi connectivity index (χ2v) is 6.50. The van der Waals surface area contributed by atoms with Gasteiger partial charge in [0.2, 0.25) is 5.91 Å². The van der Waals surface area contributed by atoms with E-state index in [1.165, 1.54) is 12.1 Å². The second-order valence-electron chi connectivity index (χ2n) is 6.50. The van der Waals surface area contributed by atoms with Crippen LogP contribution in [-0.4, -0.2) is 17.0 Å². The third-order valence-corrected chi connectivity index (χ3v) is 2.91. The highest BCUT2D eigenvalue weighted by atomic mass is 16.4. The average molecular weight is 277 g/mol. The second kappa shape index (κ2) is 6.55. The van der Waals surface area contributed by atoms with Crippen LogP contribution in [0.4, 0.5) is 5.69 Å². The number of carbonyl (C=O) groups excluding carboxylic acids is 1. The fourth-order valence-corrected chi connectivity index (χ4v) is 2.34. The van der Waals surface area contributed by atoms with Crippen molar-refractivity contribution in [1.29, 1.82) is 0 Å². The third kappa shape index (κ3) is 5.87. The summed E-state index contributed by atoms with van der Waals surface area (Å²) in [4.78, 5) is 22.6. The smallest absolute Gasteiger partial charge is 0.335 e. The minimum Gasteiger partial charge on any atom is -0.478 e. The molecule has 4 heteroatoms. The zero-order chi connectivity index (χ0) is 15.3. The molecule has 0 saturated carbocycles. The minimum absolute atomic E-state index is 0.0372. The molecule has 1 aromatic carbocycles. The summed E-state index contributed by atoms with van der Waals surface area (Å²) in [5.74, 6) is -0.695. The van der Waals surface area contributed by atoms with Crippen LogP contribution in [0.25, 0.3) is 0 Å². The molecule has 0 radical (unpaired) electrons. The molecule has 2 N–H and O–H groups in total. The Hall–Kier alpha value is -1.84. The summed E-state index contributed by atoms with van der Waals surface area (Å²) in [6.45, 7) is 8.54. The summed E-state index contributed by atoms with van der Waals surface area (Å²) in [6, 6.07) is 6.18. The number of hydrogen-bond acceptors (Lipinski definition) is 2. The molecule has 1 amide bonds. The van der Waals surface area contributed by atoms with Crippen LogP contribution in [0.5, 0.6) is 0 Å². The molecule has 0 bridgehead atoms. The first-order valence-electron chi connectivity index (χ1n) is 6.80. The third-order valence-electron chi connectivity index (χ3n) is 2.91. The van der Waals surface area contributed by atoms with Crippen molar-refractivity contribution in [2.75, 3.05) is 5.32 Å². The van der Waals surface area contributed by atoms with E-state index in [4.69, 9.17) is 5.11 Å². The number of nitrogens with one attached hydrogen (secondary N) is 1. The topological polar surface area (TPSA) is 66.4 Å². The van der Waals surface area contributed by atoms with Gasteiger partial charge < -0.3 is 10.4 Å². The maximum Gasteiger partial charge on any atom is 0.335 e. The van der Waals surface area contributed by atoms with Gasteiger partial charge >= 0.3 is 5.97 Å². The van der Waals surface area contributed by atoms with Crippen LogP contribution < -0.4 is 5.32 Å². The van der Waals surface area contributed by atoms with Crippen molar-refractivity contribution < 1.29 is 14.7 Å². The summed E-state index contributed by atoms with van der Waals surface area (Å²) in [7, 11) is 0. The molecule has 4 nitrogen and oxygen atoms in total. The average Bonchev–Trinajstić information content (AvgIpc) is 2.26. The largest absolute Gasteiger partial charge is 0.478 e. The maximum atomic E-state index is 11.9. The molecule has 1 unspecified atom stereocenters. The lowest BCUT2D eigenvalue weighted by Gasteiger charge is -2.22. The lowest BCUT2D eigenvalue weighted by molar-refractivity contribution is -0.117. The van der Waals surface area contributed by atoms with E-state index < -0.39 is 5.97 Å². The van der Waals surface area contributed by atoms with E-state index in [1.54, 1.807) is 12.1 Å². The van der Waals surface area contributed by atoms with Crippen molar-refractivity contribution in [2.24, 2.45) is 11.3 Å². The number of benzene rings is 1. The summed E-state index contributed by atoms with van der Waals surface area (Å²) >= 11 is 0. The standard InChI is InChI=1S/C16H23NO3/c1-11(10-16(2,3)4)9-14(18)17-13-7-5-12(6-8-13)15(19)20/h5-8,11H,9-10H2,1-4H3,(H,17,18)(H,19,20). The van der Waals surface area contributed by atoms with E-state index in [9.17, 15) is 9.59 Å². The van der Waals surface area contributed by atoms with E-state index in [-0.39, 0.29) is 16.9 Å². The predicted molar refractivity (Wildman–Crippen MR) is 79.9 cm³/mol. The van der Waals surface area contributed by atoms with Crippen molar-refractivity contribution in [3.63, 3.8) is 0 Å². The number of aromatic carboxylic acids is 1. The first-order valence-corrected chi connectivity index (χ1v) is 6.80. The Kier molecular flexibility index (Phi) is 5.31. The molecule has 0 spiro atoms. The molecule has 1 atom stereocenters. The van der Waals surface area contributed by atoms with E-state index in [1.807, 2.05) is 0 Å². The molecule has 0 saturated heterocycles. The van der Waals surface area contributed by atoms with Gasteiger partial charge in [0.15, 0.2) is 0 Å². The molecule has 0 aliphatic rings. The van der Waals surface area contributed by atoms with Gasteiger partial charge in [-0.15, -0.1) is 0 Å². The normalized spacial score (nSPS) is 12.8. The van der Waals surface area contributed by atoms with Crippen LogP contribution in [0.3, 0.4) is 0 Å². The summed E-state index contributed by atoms with van der Waals surface area (Å²) < 4.78 is 0. The molecular formula is C16H23NO3. The lowest BCUT2D eigenvalue weighted by atomic mass is 9.84. The van der Waals surface area contributed by atoms with Gasteiger partial charge in [-0.05, 0) is 42.0 Å². The highest BCUT2D eigenvalue weighted by Gasteiger charge is 2.17. The Morgan fingerprint density at radius 2 is 1.75 bits per heavy atom. The monoisotopic (exact) mass is 277 g/mol. The zero-order valence-corrected chi connectivity index (χ0v) is 12.6. The summed E-state index contributed by atoms with van der Waals surface area (Å²) in [5, 5.41) is 11.6. The number of carbonyl (C=O) groups is 2. The van der Waals surface area contributed by atoms with Crippen LogP contribution in [0.2, 0.25) is 0 Å². The molecule has 20 heavy (non-hydrogen) atoms. The molecule has 110 valence electrons. The molecule has 1 aromatic rings. The quantitative estimate of drug-likeness (QED) is 0.860. The van der Waals surface area contributed by atoms with Crippen LogP contribution in [0, 0.1) is 11.3 Å². The van der Waals surface area contributed by atoms with Gasteiger partial charge in [0.05, 0.1) is 5.56 Å². The zero-order valence-electron chi connectivity index (χ0n) is 12.6. The van der Waals surface area contributed by atoms with Crippen LogP contribution >= 0.6 is 0 Å². The molecule has 0 fully saturated rings. The SMILES string of the molecule is CC(CC(=O)Nc1ccc(C(=O)O)cc1)CC(C)(C)C. The Morgan fingerprint density at radius 1 is 1.20 bits per heavy atom. The molecular weight excluding hydrogens is 254 g/mol. The Morgan fingerprint density at radius 3 is 2.20 bits per heavy atom. The summed E-state index contributed by atoms with van der Waals surface area (Å²) in [6.07, 6.45) is 1.45. The van der Waals surface area contributed by atoms with E-state index >= 15 is 0 Å². The van der Waals surface area contributed by atoms with Gasteiger partial charge in [0.25, 0.3) is 0 Å². The summed E-state index contributed by atoms with van der Waals surface area (Å²) in [5.41, 5.74) is 1.05. The van der Waals surface area contributed by atoms with Crippen LogP contribution in [0.15, 0.2) is 24.3 Å². The van der Waals surface area contributed by atoms with Crippen molar-refractivity contribution >= 4 is 17.6 Å². The van der Waals surface area contributed by atoms with Gasteiger partial charge in [-0.1, -0.05) is 27.7 Å². The van der Waals surface area contributed by atoms with Gasteiger partial charge in [-0.2, -0.15) is 0 Å². The molecule has 0 aromatic heterocycles. The number of anilines is 1. The Balaban J connectivity index is 2.52. The molecule has 1 rings (SSSR count). The predicted octanol–water partition coefficient (Wildman–Crippen LogP) is 3.79. The Labute approximate surface area is 120 Å². The fraction of sp³-hybridized carbons (Fsp3) is 0.500. The Bertz CT molecular complexity index is 471. The van der Waals surface area contributed by atoms with Crippen molar-refractivity contribution in [2.45, 2.75) is 40.5 Å². The maximum absolute atomic E-state index is 11.9. The van der Waals surface area contributed by atoms with Gasteiger partial charge in [0.1, 0.15) is 0 Å². The molecule has 0 aliphatic carbocycles. The highest BCUT2D eigenvalue weighted by Crippen LogP contribution is 2.26. The van der Waals surface area contributed by atoms with E-state index in [2.05, 4.69) is 33.0 Å². The highest BCUT2D eigenvalue weighted by molar-refractivity contribution is 5.92. The van der Waals surface area contributed by atoms with Crippen LogP contribution in [-0.2, 0) is 4.79 Å². The number of amides is 1. The van der Waals surface area contributed by atoms with Crippen molar-refractivity contribution in [1.82, 2.24) is 0 Å². The minimum atomic E-state index is -0.971. The van der Waals surface area contributed by atoms with Gasteiger partial charge in [-0.3, -0.25) is 4.79 Å². The number of rotatable bonds is 5. The van der Waals surface area contributed by atoms with E-state index in [0.29, 0.717) is 18.0 Å². The molecule has 0 aliphatic heterocycles. The van der Waals surface area contributed by atoms with E-state index in [0.717, 1.165) is 6.42 Å². The fourth-order valence-electron chi connectivity index (χ4n) is 2.34. The number of hydrogen-bond donors (Lipinski definition) is 2. The van der Waals surface area contributed by atoms with Gasteiger partial charge in [-0.25, -0.2) is 4.79 Å². The molecule has 0 heterocycles. The number of carboxylic acid groups (broad SMARTS) is 1. The first kappa shape index (κ1) is 16.2. The van der Waals surface area contributed by atoms with Crippen molar-refractivity contribution in [3.05, 3.63) is 29.8 Å². The first-order chi connectivity index (χ1) is 9.17.